The molecule has 27 heavy (non-hydrogen) atoms. The average molecular weight is 367 g/mol. The highest BCUT2D eigenvalue weighted by atomic mass is 16.5. The molecule has 142 valence electrons. The summed E-state index contributed by atoms with van der Waals surface area (Å²) < 4.78 is 5.40. The molecule has 0 aliphatic carbocycles. The number of hydrogen-bond acceptors (Lipinski definition) is 4. The Kier molecular flexibility index (Phi) is 6.08. The first-order valence-electron chi connectivity index (χ1n) is 9.17. The normalized spacial score (nSPS) is 15.3. The van der Waals surface area contributed by atoms with Crippen LogP contribution in [0.3, 0.4) is 0 Å². The molecule has 0 radical (unpaired) electrons. The highest BCUT2D eigenvalue weighted by molar-refractivity contribution is 5.97. The zero-order valence-corrected chi connectivity index (χ0v) is 15.5. The number of methoxy groups -OCH3 is 1. The van der Waals surface area contributed by atoms with Crippen LogP contribution in [0.1, 0.15) is 37.3 Å². The summed E-state index contributed by atoms with van der Waals surface area (Å²) in [5.74, 6) is 0.519. The van der Waals surface area contributed by atoms with Crippen molar-refractivity contribution >= 4 is 23.2 Å². The second-order valence-corrected chi connectivity index (χ2v) is 6.66. The van der Waals surface area contributed by atoms with E-state index in [0.717, 1.165) is 18.4 Å². The van der Waals surface area contributed by atoms with Gasteiger partial charge >= 0.3 is 0 Å². The number of carbonyl (C=O) groups is 2. The molecule has 2 aromatic carbocycles. The predicted octanol–water partition coefficient (Wildman–Crippen LogP) is 3.24. The minimum absolute atomic E-state index is 0.0779. The first kappa shape index (κ1) is 18.9. The second kappa shape index (κ2) is 8.68. The Morgan fingerprint density at radius 1 is 1.22 bits per heavy atom. The number of hydrogen-bond donors (Lipinski definition) is 2. The Morgan fingerprint density at radius 3 is 2.70 bits per heavy atom. The van der Waals surface area contributed by atoms with Gasteiger partial charge in [0.2, 0.25) is 11.8 Å². The van der Waals surface area contributed by atoms with E-state index in [1.165, 1.54) is 0 Å². The summed E-state index contributed by atoms with van der Waals surface area (Å²) in [5, 5.41) is 2.88. The van der Waals surface area contributed by atoms with E-state index in [9.17, 15) is 9.59 Å². The Morgan fingerprint density at radius 2 is 2.00 bits per heavy atom. The third-order valence-electron chi connectivity index (χ3n) is 4.71. The van der Waals surface area contributed by atoms with Gasteiger partial charge in [-0.15, -0.1) is 0 Å². The van der Waals surface area contributed by atoms with E-state index >= 15 is 0 Å². The number of rotatable bonds is 6. The summed E-state index contributed by atoms with van der Waals surface area (Å²) in [6.07, 6.45) is 2.57. The first-order chi connectivity index (χ1) is 13.1. The molecule has 1 aliphatic rings. The molecule has 2 aromatic rings. The van der Waals surface area contributed by atoms with Crippen molar-refractivity contribution in [3.8, 4) is 5.75 Å². The lowest BCUT2D eigenvalue weighted by molar-refractivity contribution is -0.119. The topological polar surface area (TPSA) is 84.7 Å². The third-order valence-corrected chi connectivity index (χ3v) is 4.71. The van der Waals surface area contributed by atoms with Crippen LogP contribution in [0, 0.1) is 0 Å². The van der Waals surface area contributed by atoms with E-state index < -0.39 is 0 Å². The van der Waals surface area contributed by atoms with Gasteiger partial charge in [-0.3, -0.25) is 9.59 Å². The van der Waals surface area contributed by atoms with Crippen LogP contribution >= 0.6 is 0 Å². The van der Waals surface area contributed by atoms with Crippen LogP contribution < -0.4 is 20.7 Å². The molecule has 3 N–H and O–H groups in total. The van der Waals surface area contributed by atoms with Crippen molar-refractivity contribution in [1.29, 1.82) is 0 Å². The van der Waals surface area contributed by atoms with E-state index in [-0.39, 0.29) is 24.3 Å². The molecule has 1 aliphatic heterocycles. The average Bonchev–Trinajstić information content (AvgIpc) is 2.69. The largest absolute Gasteiger partial charge is 0.495 e. The highest BCUT2D eigenvalue weighted by Gasteiger charge is 2.23. The number of nitrogens with two attached hydrogens (primary N) is 1. The smallest absolute Gasteiger partial charge is 0.227 e. The van der Waals surface area contributed by atoms with Gasteiger partial charge in [0.25, 0.3) is 0 Å². The molecule has 1 fully saturated rings. The standard InChI is InChI=1S/C21H25N3O3/c1-27-19-11-10-16(13-18(19)24-12-6-5-9-21(24)26)23-20(25)14-17(22)15-7-3-2-4-8-15/h2-4,7-8,10-11,13,17H,5-6,9,12,14,22H2,1H3,(H,23,25). The zero-order valence-electron chi connectivity index (χ0n) is 15.5. The summed E-state index contributed by atoms with van der Waals surface area (Å²) in [4.78, 5) is 26.4. The third kappa shape index (κ3) is 4.65. The van der Waals surface area contributed by atoms with Crippen LogP contribution in [0.2, 0.25) is 0 Å². The predicted molar refractivity (Wildman–Crippen MR) is 106 cm³/mol. The van der Waals surface area contributed by atoms with Crippen molar-refractivity contribution in [3.05, 3.63) is 54.1 Å². The number of carbonyl (C=O) groups excluding carboxylic acids is 2. The van der Waals surface area contributed by atoms with Gasteiger partial charge in [0.15, 0.2) is 0 Å². The lowest BCUT2D eigenvalue weighted by Gasteiger charge is -2.28. The quantitative estimate of drug-likeness (QED) is 0.821. The van der Waals surface area contributed by atoms with Crippen LogP contribution in [0.15, 0.2) is 48.5 Å². The Bertz CT molecular complexity index is 808. The van der Waals surface area contributed by atoms with E-state index in [4.69, 9.17) is 10.5 Å². The number of nitrogens with zero attached hydrogens (tertiary/aromatic N) is 1. The maximum Gasteiger partial charge on any atom is 0.227 e. The monoisotopic (exact) mass is 367 g/mol. The number of amides is 2. The number of nitrogens with one attached hydrogen (secondary N) is 1. The van der Waals surface area contributed by atoms with Crippen molar-refractivity contribution in [2.45, 2.75) is 31.7 Å². The van der Waals surface area contributed by atoms with Gasteiger partial charge in [0.1, 0.15) is 5.75 Å². The van der Waals surface area contributed by atoms with Crippen molar-refractivity contribution in [2.24, 2.45) is 5.73 Å². The number of piperidine rings is 1. The van der Waals surface area contributed by atoms with E-state index in [0.29, 0.717) is 30.1 Å². The Hall–Kier alpha value is -2.86. The molecule has 2 amide bonds. The van der Waals surface area contributed by atoms with Crippen molar-refractivity contribution in [2.75, 3.05) is 23.9 Å². The molecule has 6 heteroatoms. The summed E-state index contributed by atoms with van der Waals surface area (Å²) in [6.45, 7) is 0.658. The van der Waals surface area contributed by atoms with Gasteiger partial charge in [-0.25, -0.2) is 0 Å². The van der Waals surface area contributed by atoms with Crippen LogP contribution in [-0.2, 0) is 9.59 Å². The van der Waals surface area contributed by atoms with Crippen molar-refractivity contribution in [1.82, 2.24) is 0 Å². The van der Waals surface area contributed by atoms with Gasteiger partial charge < -0.3 is 20.7 Å². The van der Waals surface area contributed by atoms with E-state index in [1.54, 1.807) is 30.2 Å². The van der Waals surface area contributed by atoms with Crippen LogP contribution in [-0.4, -0.2) is 25.5 Å². The molecule has 0 saturated carbocycles. The van der Waals surface area contributed by atoms with Gasteiger partial charge in [-0.05, 0) is 36.6 Å². The highest BCUT2D eigenvalue weighted by Crippen LogP contribution is 2.33. The van der Waals surface area contributed by atoms with Crippen LogP contribution in [0.5, 0.6) is 5.75 Å². The van der Waals surface area contributed by atoms with E-state index in [1.807, 2.05) is 30.3 Å². The molecule has 0 bridgehead atoms. The Labute approximate surface area is 159 Å². The van der Waals surface area contributed by atoms with Gasteiger partial charge in [0, 0.05) is 31.1 Å². The molecule has 1 atom stereocenters. The van der Waals surface area contributed by atoms with Crippen molar-refractivity contribution in [3.63, 3.8) is 0 Å². The maximum absolute atomic E-state index is 12.4. The molecule has 3 rings (SSSR count). The summed E-state index contributed by atoms with van der Waals surface area (Å²) >= 11 is 0. The second-order valence-electron chi connectivity index (χ2n) is 6.66. The minimum Gasteiger partial charge on any atom is -0.495 e. The molecule has 0 aromatic heterocycles. The molecular formula is C21H25N3O3. The Balaban J connectivity index is 1.72. The SMILES string of the molecule is COc1ccc(NC(=O)CC(N)c2ccccc2)cc1N1CCCCC1=O. The number of ether oxygens (including phenoxy) is 1. The van der Waals surface area contributed by atoms with Gasteiger partial charge in [-0.1, -0.05) is 30.3 Å². The molecule has 6 nitrogen and oxygen atoms in total. The lowest BCUT2D eigenvalue weighted by atomic mass is 10.0. The molecule has 1 unspecified atom stereocenters. The molecule has 1 heterocycles. The number of anilines is 2. The van der Waals surface area contributed by atoms with E-state index in [2.05, 4.69) is 5.32 Å². The fraction of sp³-hybridized carbons (Fsp3) is 0.333. The van der Waals surface area contributed by atoms with Crippen LogP contribution in [0.4, 0.5) is 11.4 Å². The fourth-order valence-corrected chi connectivity index (χ4v) is 3.27. The fourth-order valence-electron chi connectivity index (χ4n) is 3.27. The van der Waals surface area contributed by atoms with Crippen LogP contribution in [0.25, 0.3) is 0 Å². The molecular weight excluding hydrogens is 342 g/mol. The van der Waals surface area contributed by atoms with Gasteiger partial charge in [0.05, 0.1) is 12.8 Å². The minimum atomic E-state index is -0.368. The zero-order chi connectivity index (χ0) is 19.2. The first-order valence-corrected chi connectivity index (χ1v) is 9.17. The molecule has 1 saturated heterocycles. The summed E-state index contributed by atoms with van der Waals surface area (Å²) in [6, 6.07) is 14.5. The number of benzene rings is 2. The van der Waals surface area contributed by atoms with Gasteiger partial charge in [-0.2, -0.15) is 0 Å². The van der Waals surface area contributed by atoms with Crippen molar-refractivity contribution < 1.29 is 14.3 Å². The summed E-state index contributed by atoms with van der Waals surface area (Å²) in [7, 11) is 1.57. The summed E-state index contributed by atoms with van der Waals surface area (Å²) in [5.41, 5.74) is 8.35. The lowest BCUT2D eigenvalue weighted by Crippen LogP contribution is -2.35. The molecule has 0 spiro atoms. The maximum atomic E-state index is 12.4.